The van der Waals surface area contributed by atoms with E-state index in [9.17, 15) is 4.39 Å². The third-order valence-corrected chi connectivity index (χ3v) is 4.51. The molecule has 1 heterocycles. The molecule has 3 aromatic rings. The molecule has 2 aromatic carbocycles. The molecule has 0 N–H and O–H groups in total. The Labute approximate surface area is 140 Å². The van der Waals surface area contributed by atoms with Crippen molar-refractivity contribution >= 4 is 0 Å². The van der Waals surface area contributed by atoms with Crippen LogP contribution in [0.25, 0.3) is 11.3 Å². The number of ether oxygens (including phenoxy) is 1. The summed E-state index contributed by atoms with van der Waals surface area (Å²) in [5, 5.41) is 3.90. The fourth-order valence-corrected chi connectivity index (χ4v) is 3.06. The number of benzene rings is 2. The van der Waals surface area contributed by atoms with Gasteiger partial charge in [0.2, 0.25) is 0 Å². The van der Waals surface area contributed by atoms with Crippen molar-refractivity contribution in [3.05, 3.63) is 71.7 Å². The van der Waals surface area contributed by atoms with Crippen molar-refractivity contribution in [3.8, 4) is 17.1 Å². The molecule has 0 unspecified atom stereocenters. The molecule has 4 rings (SSSR count). The molecule has 1 aromatic heterocycles. The Balaban J connectivity index is 1.34. The molecule has 1 fully saturated rings. The minimum atomic E-state index is -0.187. The first kappa shape index (κ1) is 14.9. The summed E-state index contributed by atoms with van der Waals surface area (Å²) in [5.41, 5.74) is 3.04. The van der Waals surface area contributed by atoms with E-state index in [1.807, 2.05) is 49.4 Å². The maximum Gasteiger partial charge on any atom is 0.167 e. The van der Waals surface area contributed by atoms with E-state index in [4.69, 9.17) is 9.26 Å². The number of nitrogens with zero attached hydrogens (tertiary/aromatic N) is 1. The number of halogens is 1. The minimum absolute atomic E-state index is 0.187. The van der Waals surface area contributed by atoms with Crippen molar-refractivity contribution in [2.45, 2.75) is 31.8 Å². The van der Waals surface area contributed by atoms with Crippen LogP contribution < -0.4 is 4.74 Å². The number of hydrogen-bond donors (Lipinski definition) is 0. The predicted octanol–water partition coefficient (Wildman–Crippen LogP) is 5.11. The lowest BCUT2D eigenvalue weighted by molar-refractivity contribution is 0.0985. The van der Waals surface area contributed by atoms with Crippen molar-refractivity contribution in [2.75, 3.05) is 0 Å². The average Bonchev–Trinajstić information content (AvgIpc) is 2.99. The van der Waals surface area contributed by atoms with Gasteiger partial charge in [0.25, 0.3) is 0 Å². The molecule has 4 heteroatoms. The lowest BCUT2D eigenvalue weighted by Crippen LogP contribution is -2.32. The SMILES string of the molecule is Cc1cc(-c2ccc(OC3CC(c4ccc(F)cc4)C3)cc2)on1. The summed E-state index contributed by atoms with van der Waals surface area (Å²) in [6.07, 6.45) is 2.15. The zero-order valence-corrected chi connectivity index (χ0v) is 13.4. The smallest absolute Gasteiger partial charge is 0.167 e. The van der Waals surface area contributed by atoms with Gasteiger partial charge in [0.15, 0.2) is 5.76 Å². The van der Waals surface area contributed by atoms with E-state index in [0.29, 0.717) is 5.92 Å². The molecule has 0 radical (unpaired) electrons. The monoisotopic (exact) mass is 323 g/mol. The van der Waals surface area contributed by atoms with Gasteiger partial charge in [-0.05, 0) is 67.6 Å². The van der Waals surface area contributed by atoms with E-state index < -0.39 is 0 Å². The Morgan fingerprint density at radius 1 is 1.04 bits per heavy atom. The van der Waals surface area contributed by atoms with Gasteiger partial charge in [0.05, 0.1) is 11.8 Å². The van der Waals surface area contributed by atoms with Gasteiger partial charge in [-0.15, -0.1) is 0 Å². The van der Waals surface area contributed by atoms with Crippen LogP contribution in [0.15, 0.2) is 59.1 Å². The standard InChI is InChI=1S/C20H18FNO2/c1-13-10-20(24-22-13)15-4-8-18(9-5-15)23-19-11-16(12-19)14-2-6-17(21)7-3-14/h2-10,16,19H,11-12H2,1H3. The molecule has 1 aliphatic carbocycles. The summed E-state index contributed by atoms with van der Waals surface area (Å²) in [4.78, 5) is 0. The summed E-state index contributed by atoms with van der Waals surface area (Å²) < 4.78 is 24.2. The van der Waals surface area contributed by atoms with Gasteiger partial charge in [0.1, 0.15) is 11.6 Å². The van der Waals surface area contributed by atoms with Crippen LogP contribution in [0.2, 0.25) is 0 Å². The van der Waals surface area contributed by atoms with Crippen molar-refractivity contribution in [2.24, 2.45) is 0 Å². The van der Waals surface area contributed by atoms with E-state index in [2.05, 4.69) is 5.16 Å². The maximum absolute atomic E-state index is 13.0. The Morgan fingerprint density at radius 2 is 1.75 bits per heavy atom. The van der Waals surface area contributed by atoms with Crippen molar-refractivity contribution in [1.29, 1.82) is 0 Å². The molecular formula is C20H18FNO2. The summed E-state index contributed by atoms with van der Waals surface area (Å²) >= 11 is 0. The van der Waals surface area contributed by atoms with Crippen LogP contribution >= 0.6 is 0 Å². The number of rotatable bonds is 4. The molecule has 24 heavy (non-hydrogen) atoms. The number of aromatic nitrogens is 1. The molecule has 0 bridgehead atoms. The molecule has 0 amide bonds. The molecular weight excluding hydrogens is 305 g/mol. The van der Waals surface area contributed by atoms with Gasteiger partial charge in [-0.25, -0.2) is 4.39 Å². The Morgan fingerprint density at radius 3 is 2.38 bits per heavy atom. The molecule has 3 nitrogen and oxygen atoms in total. The Kier molecular flexibility index (Phi) is 3.81. The highest BCUT2D eigenvalue weighted by molar-refractivity contribution is 5.58. The van der Waals surface area contributed by atoms with Crippen molar-refractivity contribution in [3.63, 3.8) is 0 Å². The second-order valence-corrected chi connectivity index (χ2v) is 6.32. The quantitative estimate of drug-likeness (QED) is 0.669. The van der Waals surface area contributed by atoms with Gasteiger partial charge in [-0.1, -0.05) is 17.3 Å². The van der Waals surface area contributed by atoms with E-state index >= 15 is 0 Å². The lowest BCUT2D eigenvalue weighted by atomic mass is 9.77. The van der Waals surface area contributed by atoms with Crippen LogP contribution in [-0.4, -0.2) is 11.3 Å². The van der Waals surface area contributed by atoms with E-state index in [-0.39, 0.29) is 11.9 Å². The van der Waals surface area contributed by atoms with Crippen LogP contribution in [0.1, 0.15) is 30.0 Å². The number of aryl methyl sites for hydroxylation is 1. The summed E-state index contributed by atoms with van der Waals surface area (Å²) in [6, 6.07) is 16.6. The highest BCUT2D eigenvalue weighted by atomic mass is 19.1. The Bertz CT molecular complexity index is 818. The fourth-order valence-electron chi connectivity index (χ4n) is 3.06. The molecule has 0 saturated heterocycles. The highest BCUT2D eigenvalue weighted by Crippen LogP contribution is 2.39. The molecule has 0 spiro atoms. The largest absolute Gasteiger partial charge is 0.490 e. The average molecular weight is 323 g/mol. The van der Waals surface area contributed by atoms with Crippen LogP contribution in [0.3, 0.4) is 0 Å². The van der Waals surface area contributed by atoms with Gasteiger partial charge in [-0.3, -0.25) is 0 Å². The maximum atomic E-state index is 13.0. The van der Waals surface area contributed by atoms with Crippen LogP contribution in [0.5, 0.6) is 5.75 Å². The van der Waals surface area contributed by atoms with E-state index in [1.165, 1.54) is 17.7 Å². The van der Waals surface area contributed by atoms with Crippen LogP contribution in [-0.2, 0) is 0 Å². The second kappa shape index (κ2) is 6.11. The molecule has 0 atom stereocenters. The first-order valence-corrected chi connectivity index (χ1v) is 8.13. The normalized spacial score (nSPS) is 19.8. The van der Waals surface area contributed by atoms with Crippen molar-refractivity contribution < 1.29 is 13.7 Å². The fraction of sp³-hybridized carbons (Fsp3) is 0.250. The molecule has 1 saturated carbocycles. The zero-order valence-electron chi connectivity index (χ0n) is 13.4. The predicted molar refractivity (Wildman–Crippen MR) is 89.5 cm³/mol. The third kappa shape index (κ3) is 3.04. The Hall–Kier alpha value is -2.62. The topological polar surface area (TPSA) is 35.3 Å². The van der Waals surface area contributed by atoms with Crippen molar-refractivity contribution in [1.82, 2.24) is 5.16 Å². The van der Waals surface area contributed by atoms with Crippen LogP contribution in [0.4, 0.5) is 4.39 Å². The molecule has 1 aliphatic rings. The zero-order chi connectivity index (χ0) is 16.5. The molecule has 122 valence electrons. The summed E-state index contributed by atoms with van der Waals surface area (Å²) in [6.45, 7) is 1.90. The lowest BCUT2D eigenvalue weighted by Gasteiger charge is -2.35. The van der Waals surface area contributed by atoms with Gasteiger partial charge < -0.3 is 9.26 Å². The summed E-state index contributed by atoms with van der Waals surface area (Å²) in [5.74, 6) is 1.90. The minimum Gasteiger partial charge on any atom is -0.490 e. The van der Waals surface area contributed by atoms with Gasteiger partial charge in [0, 0.05) is 11.6 Å². The second-order valence-electron chi connectivity index (χ2n) is 6.32. The van der Waals surface area contributed by atoms with Crippen LogP contribution in [0, 0.1) is 12.7 Å². The number of hydrogen-bond acceptors (Lipinski definition) is 3. The first-order chi connectivity index (χ1) is 11.7. The molecule has 0 aliphatic heterocycles. The van der Waals surface area contributed by atoms with E-state index in [1.54, 1.807) is 0 Å². The third-order valence-electron chi connectivity index (χ3n) is 4.51. The van der Waals surface area contributed by atoms with E-state index in [0.717, 1.165) is 35.6 Å². The highest BCUT2D eigenvalue weighted by Gasteiger charge is 2.31. The summed E-state index contributed by atoms with van der Waals surface area (Å²) in [7, 11) is 0. The first-order valence-electron chi connectivity index (χ1n) is 8.13. The van der Waals surface area contributed by atoms with Gasteiger partial charge in [-0.2, -0.15) is 0 Å². The van der Waals surface area contributed by atoms with Gasteiger partial charge >= 0.3 is 0 Å².